The fourth-order valence-corrected chi connectivity index (χ4v) is 4.11. The van der Waals surface area contributed by atoms with Gasteiger partial charge in [-0.3, -0.25) is 19.4 Å². The van der Waals surface area contributed by atoms with E-state index in [0.717, 1.165) is 17.7 Å². The van der Waals surface area contributed by atoms with E-state index in [4.69, 9.17) is 9.94 Å². The lowest BCUT2D eigenvalue weighted by Crippen LogP contribution is -2.50. The summed E-state index contributed by atoms with van der Waals surface area (Å²) in [6, 6.07) is 9.75. The van der Waals surface area contributed by atoms with Crippen molar-refractivity contribution >= 4 is 26.6 Å². The fourth-order valence-electron chi connectivity index (χ4n) is 3.26. The third-order valence-electron chi connectivity index (χ3n) is 5.53. The molecule has 0 fully saturated rings. The predicted octanol–water partition coefficient (Wildman–Crippen LogP) is 1.91. The highest BCUT2D eigenvalue weighted by atomic mass is 32.2. The number of amides is 1. The molecule has 3 aromatic rings. The number of sulfone groups is 1. The lowest BCUT2D eigenvalue weighted by atomic mass is 10.0. The molecule has 11 heteroatoms. The molecule has 170 valence electrons. The van der Waals surface area contributed by atoms with Crippen molar-refractivity contribution in [1.29, 1.82) is 0 Å². The van der Waals surface area contributed by atoms with Crippen molar-refractivity contribution in [2.45, 2.75) is 24.6 Å². The standard InChI is InChI=1S/C21H22FN3O6S/c1-21(20(27)24-28,32(3,29)30)8-9-25-12-23-17-11-14(10-16(22)18(17)19(25)26)13-4-6-15(31-2)7-5-13/h4-7,10-12,28H,8-9H2,1-3H3,(H,24,27)/t21-/m0/s1. The molecule has 0 unspecified atom stereocenters. The Labute approximate surface area is 183 Å². The van der Waals surface area contributed by atoms with Crippen LogP contribution in [-0.4, -0.2) is 47.2 Å². The van der Waals surface area contributed by atoms with E-state index in [-0.39, 0.29) is 23.9 Å². The lowest BCUT2D eigenvalue weighted by Gasteiger charge is -2.25. The molecular weight excluding hydrogens is 441 g/mol. The van der Waals surface area contributed by atoms with Gasteiger partial charge in [0.25, 0.3) is 11.5 Å². The molecule has 2 N–H and O–H groups in total. The van der Waals surface area contributed by atoms with E-state index < -0.39 is 31.9 Å². The first-order valence-corrected chi connectivity index (χ1v) is 11.4. The number of ether oxygens (including phenoxy) is 1. The Morgan fingerprint density at radius 1 is 1.25 bits per heavy atom. The van der Waals surface area contributed by atoms with E-state index in [1.165, 1.54) is 25.0 Å². The summed E-state index contributed by atoms with van der Waals surface area (Å²) in [4.78, 5) is 29.0. The normalized spacial score (nSPS) is 13.5. The van der Waals surface area contributed by atoms with E-state index in [1.54, 1.807) is 30.3 Å². The Bertz CT molecular complexity index is 1340. The number of aromatic nitrogens is 2. The van der Waals surface area contributed by atoms with Gasteiger partial charge >= 0.3 is 0 Å². The number of rotatable bonds is 7. The maximum Gasteiger partial charge on any atom is 0.264 e. The third kappa shape index (κ3) is 4.21. The smallest absolute Gasteiger partial charge is 0.264 e. The van der Waals surface area contributed by atoms with Crippen molar-refractivity contribution in [3.8, 4) is 16.9 Å². The number of carbonyl (C=O) groups excluding carboxylic acids is 1. The van der Waals surface area contributed by atoms with Crippen LogP contribution in [0.5, 0.6) is 5.75 Å². The van der Waals surface area contributed by atoms with Gasteiger partial charge in [0.15, 0.2) is 14.6 Å². The summed E-state index contributed by atoms with van der Waals surface area (Å²) in [7, 11) is -2.41. The van der Waals surface area contributed by atoms with Crippen LogP contribution in [0.25, 0.3) is 22.0 Å². The molecule has 1 amide bonds. The Morgan fingerprint density at radius 3 is 2.47 bits per heavy atom. The quantitative estimate of drug-likeness (QED) is 0.405. The van der Waals surface area contributed by atoms with Crippen LogP contribution in [0.3, 0.4) is 0 Å². The number of hydroxylamine groups is 1. The Morgan fingerprint density at radius 2 is 1.91 bits per heavy atom. The summed E-state index contributed by atoms with van der Waals surface area (Å²) in [5.41, 5.74) is 1.99. The van der Waals surface area contributed by atoms with E-state index >= 15 is 0 Å². The fraction of sp³-hybridized carbons (Fsp3) is 0.286. The zero-order valence-electron chi connectivity index (χ0n) is 17.6. The van der Waals surface area contributed by atoms with Crippen molar-refractivity contribution in [3.63, 3.8) is 0 Å². The highest BCUT2D eigenvalue weighted by Crippen LogP contribution is 2.27. The van der Waals surface area contributed by atoms with E-state index in [1.807, 2.05) is 0 Å². The topological polar surface area (TPSA) is 128 Å². The molecule has 0 aliphatic carbocycles. The number of carbonyl (C=O) groups is 1. The maximum absolute atomic E-state index is 14.9. The molecule has 1 heterocycles. The highest BCUT2D eigenvalue weighted by molar-refractivity contribution is 7.92. The minimum absolute atomic E-state index is 0.135. The number of halogens is 1. The first-order valence-electron chi connectivity index (χ1n) is 9.49. The van der Waals surface area contributed by atoms with Gasteiger partial charge in [0, 0.05) is 12.8 Å². The van der Waals surface area contributed by atoms with E-state index in [2.05, 4.69) is 4.98 Å². The van der Waals surface area contributed by atoms with Crippen LogP contribution < -0.4 is 15.8 Å². The number of nitrogens with one attached hydrogen (secondary N) is 1. The molecule has 32 heavy (non-hydrogen) atoms. The molecule has 0 bridgehead atoms. The van der Waals surface area contributed by atoms with Crippen LogP contribution in [0.1, 0.15) is 13.3 Å². The van der Waals surface area contributed by atoms with Crippen LogP contribution in [-0.2, 0) is 21.2 Å². The SMILES string of the molecule is COc1ccc(-c2cc(F)c3c(=O)n(CC[C@@](C)(C(=O)NO)S(C)(=O)=O)cnc3c2)cc1. The van der Waals surface area contributed by atoms with Crippen molar-refractivity contribution in [1.82, 2.24) is 15.0 Å². The average Bonchev–Trinajstić information content (AvgIpc) is 2.76. The van der Waals surface area contributed by atoms with Crippen molar-refractivity contribution in [2.24, 2.45) is 0 Å². The number of methoxy groups -OCH3 is 1. The molecule has 0 aliphatic heterocycles. The van der Waals surface area contributed by atoms with Crippen LogP contribution in [0.15, 0.2) is 47.5 Å². The van der Waals surface area contributed by atoms with Crippen LogP contribution in [0.4, 0.5) is 4.39 Å². The number of aryl methyl sites for hydroxylation is 1. The van der Waals surface area contributed by atoms with E-state index in [9.17, 15) is 22.4 Å². The van der Waals surface area contributed by atoms with Gasteiger partial charge in [0.1, 0.15) is 17.0 Å². The summed E-state index contributed by atoms with van der Waals surface area (Å²) in [5.74, 6) is -1.26. The van der Waals surface area contributed by atoms with Crippen molar-refractivity contribution in [2.75, 3.05) is 13.4 Å². The molecule has 3 rings (SSSR count). The largest absolute Gasteiger partial charge is 0.497 e. The van der Waals surface area contributed by atoms with Gasteiger partial charge in [-0.2, -0.15) is 0 Å². The van der Waals surface area contributed by atoms with Crippen LogP contribution >= 0.6 is 0 Å². The number of fused-ring (bicyclic) bond motifs is 1. The van der Waals surface area contributed by atoms with Gasteiger partial charge in [-0.15, -0.1) is 0 Å². The Kier molecular flexibility index (Phi) is 6.33. The number of hydrogen-bond donors (Lipinski definition) is 2. The molecule has 1 atom stereocenters. The summed E-state index contributed by atoms with van der Waals surface area (Å²) in [5, 5.41) is 8.66. The van der Waals surface area contributed by atoms with Crippen molar-refractivity contribution in [3.05, 3.63) is 58.9 Å². The zero-order valence-corrected chi connectivity index (χ0v) is 18.4. The molecule has 0 spiro atoms. The zero-order chi connectivity index (χ0) is 23.7. The Hall–Kier alpha value is -3.31. The summed E-state index contributed by atoms with van der Waals surface area (Å²) >= 11 is 0. The minimum Gasteiger partial charge on any atom is -0.497 e. The predicted molar refractivity (Wildman–Crippen MR) is 116 cm³/mol. The molecule has 0 saturated carbocycles. The third-order valence-corrected chi connectivity index (χ3v) is 7.56. The highest BCUT2D eigenvalue weighted by Gasteiger charge is 2.43. The van der Waals surface area contributed by atoms with Gasteiger partial charge in [0.2, 0.25) is 0 Å². The van der Waals surface area contributed by atoms with Gasteiger partial charge < -0.3 is 4.74 Å². The number of hydrogen-bond acceptors (Lipinski definition) is 7. The Balaban J connectivity index is 1.99. The minimum atomic E-state index is -3.94. The first-order chi connectivity index (χ1) is 15.0. The second-order valence-corrected chi connectivity index (χ2v) is 9.96. The van der Waals surface area contributed by atoms with Crippen LogP contribution in [0.2, 0.25) is 0 Å². The second-order valence-electron chi connectivity index (χ2n) is 7.52. The van der Waals surface area contributed by atoms with Gasteiger partial charge in [-0.1, -0.05) is 12.1 Å². The van der Waals surface area contributed by atoms with Gasteiger partial charge in [-0.25, -0.2) is 23.3 Å². The molecule has 1 aromatic heterocycles. The number of benzene rings is 2. The molecule has 2 aromatic carbocycles. The van der Waals surface area contributed by atoms with Crippen LogP contribution in [0, 0.1) is 5.82 Å². The maximum atomic E-state index is 14.9. The van der Waals surface area contributed by atoms with Gasteiger partial charge in [0.05, 0.1) is 19.0 Å². The molecule has 0 radical (unpaired) electrons. The molecule has 9 nitrogen and oxygen atoms in total. The summed E-state index contributed by atoms with van der Waals surface area (Å²) in [6.45, 7) is 0.896. The first kappa shape index (κ1) is 23.4. The molecule has 0 saturated heterocycles. The second kappa shape index (κ2) is 8.67. The summed E-state index contributed by atoms with van der Waals surface area (Å²) in [6.07, 6.45) is 1.68. The number of nitrogens with zero attached hydrogens (tertiary/aromatic N) is 2. The van der Waals surface area contributed by atoms with Crippen molar-refractivity contribution < 1.29 is 27.5 Å². The average molecular weight is 463 g/mol. The molecule has 0 aliphatic rings. The van der Waals surface area contributed by atoms with E-state index in [0.29, 0.717) is 16.9 Å². The monoisotopic (exact) mass is 463 g/mol. The molecular formula is C21H22FN3O6S. The lowest BCUT2D eigenvalue weighted by molar-refractivity contribution is -0.131. The summed E-state index contributed by atoms with van der Waals surface area (Å²) < 4.78 is 43.2. The van der Waals surface area contributed by atoms with Gasteiger partial charge in [-0.05, 0) is 48.7 Å².